The molecule has 1 aromatic heterocycles. The highest BCUT2D eigenvalue weighted by Crippen LogP contribution is 2.19. The van der Waals surface area contributed by atoms with E-state index in [-0.39, 0.29) is 11.3 Å². The molecule has 0 aliphatic rings. The van der Waals surface area contributed by atoms with E-state index in [1.165, 1.54) is 12.5 Å². The number of aromatic amines is 1. The van der Waals surface area contributed by atoms with Gasteiger partial charge in [0.15, 0.2) is 0 Å². The molecular weight excluding hydrogens is 256 g/mol. The zero-order valence-corrected chi connectivity index (χ0v) is 11.6. The van der Waals surface area contributed by atoms with Gasteiger partial charge in [-0.1, -0.05) is 38.1 Å². The van der Waals surface area contributed by atoms with E-state index < -0.39 is 11.5 Å². The van der Waals surface area contributed by atoms with Crippen LogP contribution in [0.25, 0.3) is 11.4 Å². The molecule has 0 aliphatic heterocycles. The monoisotopic (exact) mass is 272 g/mol. The molecule has 2 N–H and O–H groups in total. The number of H-pyrrole nitrogens is 1. The first-order valence-electron chi connectivity index (χ1n) is 6.34. The summed E-state index contributed by atoms with van der Waals surface area (Å²) in [7, 11) is 0. The highest BCUT2D eigenvalue weighted by molar-refractivity contribution is 5.88. The van der Waals surface area contributed by atoms with Gasteiger partial charge in [-0.25, -0.2) is 9.78 Å². The summed E-state index contributed by atoms with van der Waals surface area (Å²) in [4.78, 5) is 29.4. The van der Waals surface area contributed by atoms with Crippen molar-refractivity contribution in [1.29, 1.82) is 0 Å². The largest absolute Gasteiger partial charge is 0.477 e. The molecule has 5 heteroatoms. The third-order valence-electron chi connectivity index (χ3n) is 3.16. The smallest absolute Gasteiger partial charge is 0.343 e. The maximum Gasteiger partial charge on any atom is 0.343 e. The summed E-state index contributed by atoms with van der Waals surface area (Å²) < 4.78 is 0. The predicted octanol–water partition coefficient (Wildman–Crippen LogP) is 2.57. The van der Waals surface area contributed by atoms with Crippen LogP contribution in [0.3, 0.4) is 0 Å². The summed E-state index contributed by atoms with van der Waals surface area (Å²) in [5.41, 5.74) is 1.21. The summed E-state index contributed by atoms with van der Waals surface area (Å²) in [6, 6.07) is 7.68. The Hall–Kier alpha value is -2.43. The molecule has 0 saturated carbocycles. The van der Waals surface area contributed by atoms with E-state index in [0.717, 1.165) is 5.56 Å². The normalized spacial score (nSPS) is 10.8. The number of nitrogens with zero attached hydrogens (tertiary/aromatic N) is 1. The van der Waals surface area contributed by atoms with Crippen molar-refractivity contribution in [2.24, 2.45) is 0 Å². The summed E-state index contributed by atoms with van der Waals surface area (Å²) in [6.45, 7) is 5.71. The number of hydrogen-bond acceptors (Lipinski definition) is 3. The molecule has 0 aliphatic carbocycles. The van der Waals surface area contributed by atoms with Gasteiger partial charge in [0.1, 0.15) is 11.4 Å². The van der Waals surface area contributed by atoms with Crippen molar-refractivity contribution in [3.05, 3.63) is 51.4 Å². The van der Waals surface area contributed by atoms with Crippen LogP contribution in [-0.2, 0) is 0 Å². The third kappa shape index (κ3) is 2.61. The molecule has 5 nitrogen and oxygen atoms in total. The van der Waals surface area contributed by atoms with Gasteiger partial charge in [-0.05, 0) is 18.4 Å². The van der Waals surface area contributed by atoms with Crippen LogP contribution >= 0.6 is 0 Å². The number of carbonyl (C=O) groups is 1. The molecule has 0 saturated heterocycles. The van der Waals surface area contributed by atoms with Crippen LogP contribution in [0.4, 0.5) is 0 Å². The lowest BCUT2D eigenvalue weighted by atomic mass is 10.0. The van der Waals surface area contributed by atoms with Gasteiger partial charge >= 0.3 is 5.97 Å². The summed E-state index contributed by atoms with van der Waals surface area (Å²) in [6.07, 6.45) is 0. The Morgan fingerprint density at radius 3 is 2.30 bits per heavy atom. The molecule has 0 unspecified atom stereocenters. The molecule has 1 heterocycles. The summed E-state index contributed by atoms with van der Waals surface area (Å²) in [5.74, 6) is -0.460. The van der Waals surface area contributed by atoms with E-state index in [2.05, 4.69) is 23.8 Å². The molecule has 0 radical (unpaired) electrons. The number of aromatic carboxylic acids is 1. The molecule has 20 heavy (non-hydrogen) atoms. The van der Waals surface area contributed by atoms with Crippen LogP contribution < -0.4 is 5.56 Å². The molecule has 2 aromatic rings. The minimum atomic E-state index is -1.27. The SMILES string of the molecule is Cc1nc(-c2ccc(C(C)C)cc2)[nH]c(=O)c1C(=O)O. The van der Waals surface area contributed by atoms with Gasteiger partial charge in [-0.2, -0.15) is 0 Å². The van der Waals surface area contributed by atoms with Gasteiger partial charge in [-0.15, -0.1) is 0 Å². The Labute approximate surface area is 116 Å². The number of hydrogen-bond donors (Lipinski definition) is 2. The van der Waals surface area contributed by atoms with E-state index in [0.29, 0.717) is 11.7 Å². The molecule has 0 atom stereocenters. The Morgan fingerprint density at radius 1 is 1.25 bits per heavy atom. The quantitative estimate of drug-likeness (QED) is 0.899. The van der Waals surface area contributed by atoms with Crippen molar-refractivity contribution >= 4 is 5.97 Å². The van der Waals surface area contributed by atoms with E-state index >= 15 is 0 Å². The van der Waals surface area contributed by atoms with Crippen LogP contribution in [0, 0.1) is 6.92 Å². The average Bonchev–Trinajstić information content (AvgIpc) is 2.37. The first kappa shape index (κ1) is 14.0. The Bertz CT molecular complexity index is 700. The average molecular weight is 272 g/mol. The third-order valence-corrected chi connectivity index (χ3v) is 3.16. The zero-order chi connectivity index (χ0) is 14.9. The van der Waals surface area contributed by atoms with Crippen molar-refractivity contribution in [2.75, 3.05) is 0 Å². The Kier molecular flexibility index (Phi) is 3.70. The predicted molar refractivity (Wildman–Crippen MR) is 76.1 cm³/mol. The van der Waals surface area contributed by atoms with E-state index in [9.17, 15) is 9.59 Å². The van der Waals surface area contributed by atoms with Crippen molar-refractivity contribution in [1.82, 2.24) is 9.97 Å². The number of aromatic nitrogens is 2. The van der Waals surface area contributed by atoms with Gasteiger partial charge in [0.25, 0.3) is 5.56 Å². The second kappa shape index (κ2) is 5.28. The van der Waals surface area contributed by atoms with Crippen LogP contribution in [0.15, 0.2) is 29.1 Å². The van der Waals surface area contributed by atoms with Crippen molar-refractivity contribution in [2.45, 2.75) is 26.7 Å². The number of rotatable bonds is 3. The van der Waals surface area contributed by atoms with Crippen molar-refractivity contribution < 1.29 is 9.90 Å². The lowest BCUT2D eigenvalue weighted by molar-refractivity contribution is 0.0693. The standard InChI is InChI=1S/C15H16N2O3/c1-8(2)10-4-6-11(7-5-10)13-16-9(3)12(15(19)20)14(18)17-13/h4-8H,1-3H3,(H,19,20)(H,16,17,18). The van der Waals surface area contributed by atoms with E-state index in [1.807, 2.05) is 24.3 Å². The maximum absolute atomic E-state index is 11.8. The first-order valence-corrected chi connectivity index (χ1v) is 6.34. The summed E-state index contributed by atoms with van der Waals surface area (Å²) >= 11 is 0. The highest BCUT2D eigenvalue weighted by Gasteiger charge is 2.15. The molecule has 0 amide bonds. The van der Waals surface area contributed by atoms with Crippen molar-refractivity contribution in [3.8, 4) is 11.4 Å². The van der Waals surface area contributed by atoms with Gasteiger partial charge in [0.05, 0.1) is 5.69 Å². The lowest BCUT2D eigenvalue weighted by Crippen LogP contribution is -2.21. The molecule has 104 valence electrons. The first-order chi connectivity index (χ1) is 9.40. The van der Waals surface area contributed by atoms with Crippen LogP contribution in [0.5, 0.6) is 0 Å². The van der Waals surface area contributed by atoms with Crippen LogP contribution in [0.1, 0.15) is 41.4 Å². The fourth-order valence-electron chi connectivity index (χ4n) is 2.00. The lowest BCUT2D eigenvalue weighted by Gasteiger charge is -2.07. The molecule has 2 rings (SSSR count). The summed E-state index contributed by atoms with van der Waals surface area (Å²) in [5, 5.41) is 8.95. The van der Waals surface area contributed by atoms with Crippen LogP contribution in [-0.4, -0.2) is 21.0 Å². The van der Waals surface area contributed by atoms with E-state index in [1.54, 1.807) is 0 Å². The van der Waals surface area contributed by atoms with Crippen molar-refractivity contribution in [3.63, 3.8) is 0 Å². The number of nitrogens with one attached hydrogen (secondary N) is 1. The Balaban J connectivity index is 2.49. The number of benzene rings is 1. The fraction of sp³-hybridized carbons (Fsp3) is 0.267. The van der Waals surface area contributed by atoms with E-state index in [4.69, 9.17) is 5.11 Å². The Morgan fingerprint density at radius 2 is 1.85 bits per heavy atom. The number of carboxylic acid groups (broad SMARTS) is 1. The topological polar surface area (TPSA) is 83.0 Å². The highest BCUT2D eigenvalue weighted by atomic mass is 16.4. The maximum atomic E-state index is 11.8. The molecule has 0 spiro atoms. The molecule has 0 bridgehead atoms. The zero-order valence-electron chi connectivity index (χ0n) is 11.6. The van der Waals surface area contributed by atoms with Gasteiger partial charge in [0, 0.05) is 5.56 Å². The second-order valence-electron chi connectivity index (χ2n) is 4.96. The number of aryl methyl sites for hydroxylation is 1. The molecule has 1 aromatic carbocycles. The number of carboxylic acids is 1. The second-order valence-corrected chi connectivity index (χ2v) is 4.96. The van der Waals surface area contributed by atoms with Gasteiger partial charge in [0.2, 0.25) is 0 Å². The fourth-order valence-corrected chi connectivity index (χ4v) is 2.00. The van der Waals surface area contributed by atoms with Crippen LogP contribution in [0.2, 0.25) is 0 Å². The minimum Gasteiger partial charge on any atom is -0.477 e. The molecular formula is C15H16N2O3. The van der Waals surface area contributed by atoms with Gasteiger partial charge < -0.3 is 10.1 Å². The van der Waals surface area contributed by atoms with Gasteiger partial charge in [-0.3, -0.25) is 4.79 Å². The minimum absolute atomic E-state index is 0.212. The molecule has 0 fully saturated rings.